The minimum atomic E-state index is -0.413. The Morgan fingerprint density at radius 2 is 1.89 bits per heavy atom. The summed E-state index contributed by atoms with van der Waals surface area (Å²) in [5, 5.41) is 3.35. The van der Waals surface area contributed by atoms with Crippen LogP contribution in [0.2, 0.25) is 0 Å². The van der Waals surface area contributed by atoms with Crippen LogP contribution in [0.3, 0.4) is 0 Å². The van der Waals surface area contributed by atoms with Crippen molar-refractivity contribution in [3.8, 4) is 0 Å². The van der Waals surface area contributed by atoms with Crippen molar-refractivity contribution in [1.82, 2.24) is 10.2 Å². The zero-order valence-corrected chi connectivity index (χ0v) is 12.0. The van der Waals surface area contributed by atoms with Crippen molar-refractivity contribution in [3.63, 3.8) is 0 Å². The van der Waals surface area contributed by atoms with Gasteiger partial charge < -0.3 is 11.1 Å². The molecule has 0 aromatic rings. The number of primary amides is 1. The summed E-state index contributed by atoms with van der Waals surface area (Å²) in [7, 11) is 0. The van der Waals surface area contributed by atoms with E-state index in [1.165, 1.54) is 6.42 Å². The Morgan fingerprint density at radius 1 is 1.28 bits per heavy atom. The third-order valence-corrected chi connectivity index (χ3v) is 4.54. The molecular weight excluding hydrogens is 226 g/mol. The van der Waals surface area contributed by atoms with Crippen molar-refractivity contribution in [3.05, 3.63) is 0 Å². The van der Waals surface area contributed by atoms with Crippen LogP contribution in [0, 0.1) is 11.3 Å². The molecule has 1 saturated heterocycles. The molecule has 2 fully saturated rings. The van der Waals surface area contributed by atoms with Crippen LogP contribution >= 0.6 is 0 Å². The van der Waals surface area contributed by atoms with Crippen LogP contribution in [-0.4, -0.2) is 42.5 Å². The van der Waals surface area contributed by atoms with Crippen LogP contribution in [0.1, 0.15) is 40.0 Å². The molecule has 1 heterocycles. The molecule has 104 valence electrons. The lowest BCUT2D eigenvalue weighted by Crippen LogP contribution is -2.65. The Hall–Kier alpha value is -0.610. The van der Waals surface area contributed by atoms with Gasteiger partial charge in [0.15, 0.2) is 0 Å². The molecule has 3 N–H and O–H groups in total. The first-order valence-electron chi connectivity index (χ1n) is 7.11. The standard InChI is InChI=1S/C14H27N3O/c1-11-8-13(2,3)10-14(9-11,12(15)18)17-6-4-16-5-7-17/h11,16H,4-10H2,1-3H3,(H2,15,18). The SMILES string of the molecule is CC1CC(C)(C)CC(C(N)=O)(N2CCNCC2)C1. The van der Waals surface area contributed by atoms with Gasteiger partial charge >= 0.3 is 0 Å². The van der Waals surface area contributed by atoms with E-state index in [0.29, 0.717) is 5.92 Å². The van der Waals surface area contributed by atoms with Gasteiger partial charge in [0.2, 0.25) is 5.91 Å². The number of hydrogen-bond donors (Lipinski definition) is 2. The van der Waals surface area contributed by atoms with E-state index in [0.717, 1.165) is 39.0 Å². The molecule has 1 amide bonds. The van der Waals surface area contributed by atoms with Gasteiger partial charge in [-0.15, -0.1) is 0 Å². The predicted molar refractivity (Wildman–Crippen MR) is 73.2 cm³/mol. The van der Waals surface area contributed by atoms with E-state index >= 15 is 0 Å². The van der Waals surface area contributed by atoms with Crippen LogP contribution in [0.15, 0.2) is 0 Å². The Labute approximate surface area is 110 Å². The van der Waals surface area contributed by atoms with Crippen molar-refractivity contribution >= 4 is 5.91 Å². The van der Waals surface area contributed by atoms with Crippen molar-refractivity contribution in [2.45, 2.75) is 45.6 Å². The maximum Gasteiger partial charge on any atom is 0.237 e. The Morgan fingerprint density at radius 3 is 2.39 bits per heavy atom. The maximum absolute atomic E-state index is 12.2. The molecule has 2 rings (SSSR count). The summed E-state index contributed by atoms with van der Waals surface area (Å²) in [4.78, 5) is 14.5. The van der Waals surface area contributed by atoms with Crippen LogP contribution in [0.5, 0.6) is 0 Å². The first-order valence-corrected chi connectivity index (χ1v) is 7.11. The zero-order chi connectivity index (χ0) is 13.4. The zero-order valence-electron chi connectivity index (χ0n) is 12.0. The van der Waals surface area contributed by atoms with Crippen LogP contribution < -0.4 is 11.1 Å². The average Bonchev–Trinajstić information content (AvgIpc) is 2.27. The highest BCUT2D eigenvalue weighted by Crippen LogP contribution is 2.46. The molecule has 18 heavy (non-hydrogen) atoms. The number of hydrogen-bond acceptors (Lipinski definition) is 3. The Balaban J connectivity index is 2.27. The highest BCUT2D eigenvalue weighted by Gasteiger charge is 2.50. The summed E-state index contributed by atoms with van der Waals surface area (Å²) in [6, 6.07) is 0. The molecule has 1 aliphatic heterocycles. The van der Waals surface area contributed by atoms with Gasteiger partial charge in [0.25, 0.3) is 0 Å². The summed E-state index contributed by atoms with van der Waals surface area (Å²) in [6.07, 6.45) is 3.01. The number of nitrogens with two attached hydrogens (primary N) is 1. The Kier molecular flexibility index (Phi) is 3.70. The smallest absolute Gasteiger partial charge is 0.237 e. The topological polar surface area (TPSA) is 58.4 Å². The van der Waals surface area contributed by atoms with Gasteiger partial charge in [0.1, 0.15) is 5.54 Å². The third-order valence-electron chi connectivity index (χ3n) is 4.54. The van der Waals surface area contributed by atoms with Gasteiger partial charge in [0, 0.05) is 26.2 Å². The normalized spacial score (nSPS) is 37.4. The van der Waals surface area contributed by atoms with Crippen LogP contribution in [-0.2, 0) is 4.79 Å². The average molecular weight is 253 g/mol. The summed E-state index contributed by atoms with van der Waals surface area (Å²) >= 11 is 0. The number of carbonyl (C=O) groups is 1. The van der Waals surface area contributed by atoms with Gasteiger partial charge in [-0.2, -0.15) is 0 Å². The number of nitrogens with one attached hydrogen (secondary N) is 1. The third kappa shape index (κ3) is 2.54. The van der Waals surface area contributed by atoms with Gasteiger partial charge in [-0.3, -0.25) is 9.69 Å². The van der Waals surface area contributed by atoms with E-state index in [1.807, 2.05) is 0 Å². The van der Waals surface area contributed by atoms with Crippen molar-refractivity contribution in [2.75, 3.05) is 26.2 Å². The van der Waals surface area contributed by atoms with E-state index in [1.54, 1.807) is 0 Å². The maximum atomic E-state index is 12.2. The fourth-order valence-corrected chi connectivity index (χ4v) is 4.21. The molecule has 1 aliphatic carbocycles. The fourth-order valence-electron chi connectivity index (χ4n) is 4.21. The number of amides is 1. The van der Waals surface area contributed by atoms with Crippen molar-refractivity contribution < 1.29 is 4.79 Å². The predicted octanol–water partition coefficient (Wildman–Crippen LogP) is 0.962. The summed E-state index contributed by atoms with van der Waals surface area (Å²) in [6.45, 7) is 10.6. The lowest BCUT2D eigenvalue weighted by molar-refractivity contribution is -0.138. The number of nitrogens with zero attached hydrogens (tertiary/aromatic N) is 1. The molecular formula is C14H27N3O. The first-order chi connectivity index (χ1) is 8.36. The number of carbonyl (C=O) groups excluding carboxylic acids is 1. The van der Waals surface area contributed by atoms with E-state index in [2.05, 4.69) is 31.0 Å². The first kappa shape index (κ1) is 13.8. The second-order valence-electron chi connectivity index (χ2n) is 6.99. The van der Waals surface area contributed by atoms with Crippen molar-refractivity contribution in [2.24, 2.45) is 17.1 Å². The quantitative estimate of drug-likeness (QED) is 0.771. The molecule has 4 heteroatoms. The molecule has 1 saturated carbocycles. The molecule has 0 bridgehead atoms. The molecule has 4 nitrogen and oxygen atoms in total. The van der Waals surface area contributed by atoms with Crippen molar-refractivity contribution in [1.29, 1.82) is 0 Å². The van der Waals surface area contributed by atoms with E-state index < -0.39 is 5.54 Å². The Bertz CT molecular complexity index is 323. The lowest BCUT2D eigenvalue weighted by Gasteiger charge is -2.52. The molecule has 0 aromatic carbocycles. The minimum Gasteiger partial charge on any atom is -0.368 e. The van der Waals surface area contributed by atoms with Gasteiger partial charge in [0.05, 0.1) is 0 Å². The minimum absolute atomic E-state index is 0.121. The summed E-state index contributed by atoms with van der Waals surface area (Å²) in [5.74, 6) is 0.445. The molecule has 0 aromatic heterocycles. The molecule has 0 spiro atoms. The highest BCUT2D eigenvalue weighted by atomic mass is 16.1. The van der Waals surface area contributed by atoms with Gasteiger partial charge in [-0.1, -0.05) is 20.8 Å². The summed E-state index contributed by atoms with van der Waals surface area (Å²) in [5.41, 5.74) is 5.61. The second-order valence-corrected chi connectivity index (χ2v) is 6.99. The molecule has 2 aliphatic rings. The molecule has 2 atom stereocenters. The van der Waals surface area contributed by atoms with Crippen LogP contribution in [0.25, 0.3) is 0 Å². The van der Waals surface area contributed by atoms with Gasteiger partial charge in [-0.25, -0.2) is 0 Å². The van der Waals surface area contributed by atoms with Gasteiger partial charge in [-0.05, 0) is 30.6 Å². The highest BCUT2D eigenvalue weighted by molar-refractivity contribution is 5.85. The lowest BCUT2D eigenvalue weighted by atomic mass is 9.63. The number of rotatable bonds is 2. The summed E-state index contributed by atoms with van der Waals surface area (Å²) < 4.78 is 0. The monoisotopic (exact) mass is 253 g/mol. The second kappa shape index (κ2) is 4.82. The van der Waals surface area contributed by atoms with E-state index in [9.17, 15) is 4.79 Å². The largest absolute Gasteiger partial charge is 0.368 e. The molecule has 0 radical (unpaired) electrons. The molecule has 2 unspecified atom stereocenters. The van der Waals surface area contributed by atoms with Crippen LogP contribution in [0.4, 0.5) is 0 Å². The van der Waals surface area contributed by atoms with E-state index in [4.69, 9.17) is 5.73 Å². The van der Waals surface area contributed by atoms with E-state index in [-0.39, 0.29) is 11.3 Å². The number of piperazine rings is 1. The fraction of sp³-hybridized carbons (Fsp3) is 0.929.